The van der Waals surface area contributed by atoms with Crippen LogP contribution in [0.1, 0.15) is 16.6 Å². The molecule has 0 amide bonds. The van der Waals surface area contributed by atoms with Crippen molar-refractivity contribution < 1.29 is 14.5 Å². The quantitative estimate of drug-likeness (QED) is 0.305. The second-order valence-corrected chi connectivity index (χ2v) is 6.13. The highest BCUT2D eigenvalue weighted by Crippen LogP contribution is 2.43. The number of thiophene rings is 1. The molecule has 0 atom stereocenters. The van der Waals surface area contributed by atoms with Crippen LogP contribution in [0.2, 0.25) is 15.1 Å². The van der Waals surface area contributed by atoms with Gasteiger partial charge in [0.1, 0.15) is 5.75 Å². The zero-order chi connectivity index (χ0) is 15.7. The van der Waals surface area contributed by atoms with Crippen LogP contribution in [-0.4, -0.2) is 10.7 Å². The topological polar surface area (TPSA) is 69.4 Å². The predicted octanol–water partition coefficient (Wildman–Crippen LogP) is 5.61. The smallest absolute Gasteiger partial charge is 0.323 e. The van der Waals surface area contributed by atoms with Crippen molar-refractivity contribution in [3.63, 3.8) is 0 Å². The molecule has 0 N–H and O–H groups in total. The minimum Gasteiger partial charge on any atom is -0.438 e. The molecule has 0 unspecified atom stereocenters. The zero-order valence-electron chi connectivity index (χ0n) is 10.4. The molecule has 0 fully saturated rings. The summed E-state index contributed by atoms with van der Waals surface area (Å²) >= 11 is 18.5. The van der Waals surface area contributed by atoms with E-state index in [0.29, 0.717) is 0 Å². The molecule has 0 spiro atoms. The summed E-state index contributed by atoms with van der Waals surface area (Å²) in [4.78, 5) is 21.9. The van der Waals surface area contributed by atoms with Gasteiger partial charge in [0.25, 0.3) is 5.06 Å². The molecular formula is C12H6Cl3NO4S. The highest BCUT2D eigenvalue weighted by atomic mass is 35.5. The van der Waals surface area contributed by atoms with Gasteiger partial charge < -0.3 is 4.74 Å². The molecule has 0 aliphatic carbocycles. The standard InChI is InChI=1S/C12H6Cl3NO4S/c1-5(17)11-4-9(16(18)19)12(21-11)20-10-3-7(14)6(13)2-8(10)15/h2-4H,1H3. The number of hydrogen-bond acceptors (Lipinski definition) is 5. The first-order chi connectivity index (χ1) is 9.79. The fraction of sp³-hybridized carbons (Fsp3) is 0.0833. The number of rotatable bonds is 4. The molecular weight excluding hydrogens is 361 g/mol. The van der Waals surface area contributed by atoms with Crippen molar-refractivity contribution in [3.8, 4) is 10.8 Å². The van der Waals surface area contributed by atoms with E-state index < -0.39 is 4.92 Å². The number of halogens is 3. The minimum atomic E-state index is -0.635. The molecule has 0 radical (unpaired) electrons. The number of carbonyl (C=O) groups is 1. The van der Waals surface area contributed by atoms with E-state index in [1.165, 1.54) is 19.1 Å². The molecule has 1 aromatic heterocycles. The van der Waals surface area contributed by atoms with Crippen LogP contribution in [0.25, 0.3) is 0 Å². The molecule has 0 saturated heterocycles. The van der Waals surface area contributed by atoms with Crippen molar-refractivity contribution in [2.75, 3.05) is 0 Å². The van der Waals surface area contributed by atoms with Gasteiger partial charge in [-0.05, 0) is 13.0 Å². The van der Waals surface area contributed by atoms with Crippen LogP contribution in [0.15, 0.2) is 18.2 Å². The fourth-order valence-corrected chi connectivity index (χ4v) is 2.88. The molecule has 21 heavy (non-hydrogen) atoms. The van der Waals surface area contributed by atoms with Gasteiger partial charge in [0.2, 0.25) is 0 Å². The maximum atomic E-state index is 11.3. The average Bonchev–Trinajstić information content (AvgIpc) is 2.80. The number of ether oxygens (including phenoxy) is 1. The number of benzene rings is 1. The molecule has 1 aromatic carbocycles. The molecule has 2 aromatic rings. The van der Waals surface area contributed by atoms with Crippen molar-refractivity contribution >= 4 is 57.6 Å². The van der Waals surface area contributed by atoms with Gasteiger partial charge in [-0.25, -0.2) is 0 Å². The number of hydrogen-bond donors (Lipinski definition) is 0. The molecule has 0 saturated carbocycles. The molecule has 1 heterocycles. The van der Waals surface area contributed by atoms with Crippen molar-refractivity contribution in [1.82, 2.24) is 0 Å². The summed E-state index contributed by atoms with van der Waals surface area (Å²) in [5.74, 6) is -0.177. The van der Waals surface area contributed by atoms with Gasteiger partial charge in [-0.1, -0.05) is 46.1 Å². The van der Waals surface area contributed by atoms with Gasteiger partial charge in [-0.2, -0.15) is 0 Å². The summed E-state index contributed by atoms with van der Waals surface area (Å²) in [5, 5.41) is 11.5. The summed E-state index contributed by atoms with van der Waals surface area (Å²) in [7, 11) is 0. The van der Waals surface area contributed by atoms with Crippen LogP contribution in [0.5, 0.6) is 10.8 Å². The lowest BCUT2D eigenvalue weighted by Crippen LogP contribution is -1.90. The van der Waals surface area contributed by atoms with Gasteiger partial charge in [0.05, 0.1) is 24.9 Å². The normalized spacial score (nSPS) is 10.5. The minimum absolute atomic E-state index is 0.0505. The number of ketones is 1. The van der Waals surface area contributed by atoms with Crippen molar-refractivity contribution in [2.24, 2.45) is 0 Å². The Labute approximate surface area is 138 Å². The molecule has 2 rings (SSSR count). The lowest BCUT2D eigenvalue weighted by atomic mass is 10.3. The van der Waals surface area contributed by atoms with E-state index in [9.17, 15) is 14.9 Å². The summed E-state index contributed by atoms with van der Waals surface area (Å²) in [6, 6.07) is 3.88. The van der Waals surface area contributed by atoms with Gasteiger partial charge in [0.15, 0.2) is 5.78 Å². The van der Waals surface area contributed by atoms with Crippen LogP contribution in [0.4, 0.5) is 5.69 Å². The van der Waals surface area contributed by atoms with Crippen LogP contribution in [-0.2, 0) is 0 Å². The van der Waals surface area contributed by atoms with Crippen molar-refractivity contribution in [1.29, 1.82) is 0 Å². The molecule has 5 nitrogen and oxygen atoms in total. The first-order valence-corrected chi connectivity index (χ1v) is 7.36. The molecule has 0 bridgehead atoms. The second-order valence-electron chi connectivity index (χ2n) is 3.90. The number of nitrogens with zero attached hydrogens (tertiary/aromatic N) is 1. The molecule has 9 heteroatoms. The summed E-state index contributed by atoms with van der Waals surface area (Å²) in [6.45, 7) is 1.31. The van der Waals surface area contributed by atoms with E-state index >= 15 is 0 Å². The third-order valence-electron chi connectivity index (χ3n) is 2.40. The maximum absolute atomic E-state index is 11.3. The van der Waals surface area contributed by atoms with Crippen molar-refractivity contribution in [2.45, 2.75) is 6.92 Å². The van der Waals surface area contributed by atoms with E-state index in [1.54, 1.807) is 0 Å². The summed E-state index contributed by atoms with van der Waals surface area (Å²) < 4.78 is 5.42. The molecule has 0 aliphatic heterocycles. The molecule has 0 aliphatic rings. The van der Waals surface area contributed by atoms with E-state index in [2.05, 4.69) is 0 Å². The summed E-state index contributed by atoms with van der Waals surface area (Å²) in [6.07, 6.45) is 0. The monoisotopic (exact) mass is 365 g/mol. The Balaban J connectivity index is 2.46. The SMILES string of the molecule is CC(=O)c1cc([N+](=O)[O-])c(Oc2cc(Cl)c(Cl)cc2Cl)s1. The van der Waals surface area contributed by atoms with Gasteiger partial charge in [-0.3, -0.25) is 14.9 Å². The Morgan fingerprint density at radius 3 is 2.38 bits per heavy atom. The molecule has 110 valence electrons. The lowest BCUT2D eigenvalue weighted by Gasteiger charge is -2.06. The Hall–Kier alpha value is -1.34. The van der Waals surface area contributed by atoms with Crippen LogP contribution in [0, 0.1) is 10.1 Å². The van der Waals surface area contributed by atoms with Gasteiger partial charge in [0, 0.05) is 12.1 Å². The third-order valence-corrected chi connectivity index (χ3v) is 4.52. The first-order valence-electron chi connectivity index (χ1n) is 5.41. The van der Waals surface area contributed by atoms with Gasteiger partial charge in [-0.15, -0.1) is 0 Å². The first kappa shape index (κ1) is 16.0. The number of nitro groups is 1. The van der Waals surface area contributed by atoms with E-state index in [1.807, 2.05) is 0 Å². The summed E-state index contributed by atoms with van der Waals surface area (Å²) in [5.41, 5.74) is -0.313. The predicted molar refractivity (Wildman–Crippen MR) is 82.5 cm³/mol. The van der Waals surface area contributed by atoms with Crippen LogP contribution in [0.3, 0.4) is 0 Å². The maximum Gasteiger partial charge on any atom is 0.323 e. The van der Waals surface area contributed by atoms with E-state index in [-0.39, 0.29) is 42.2 Å². The third kappa shape index (κ3) is 3.47. The Bertz CT molecular complexity index is 744. The second kappa shape index (κ2) is 6.19. The van der Waals surface area contributed by atoms with E-state index in [4.69, 9.17) is 39.5 Å². The number of Topliss-reactive ketones (excluding diaryl/α,β-unsaturated/α-hetero) is 1. The van der Waals surface area contributed by atoms with Gasteiger partial charge >= 0.3 is 5.69 Å². The largest absolute Gasteiger partial charge is 0.438 e. The average molecular weight is 367 g/mol. The Kier molecular flexibility index (Phi) is 4.73. The zero-order valence-corrected chi connectivity index (χ0v) is 13.4. The van der Waals surface area contributed by atoms with E-state index in [0.717, 1.165) is 17.4 Å². The Morgan fingerprint density at radius 1 is 1.19 bits per heavy atom. The fourth-order valence-electron chi connectivity index (χ4n) is 1.42. The highest BCUT2D eigenvalue weighted by molar-refractivity contribution is 7.16. The highest BCUT2D eigenvalue weighted by Gasteiger charge is 2.24. The Morgan fingerprint density at radius 2 is 1.81 bits per heavy atom. The van der Waals surface area contributed by atoms with Crippen LogP contribution >= 0.6 is 46.1 Å². The lowest BCUT2D eigenvalue weighted by molar-refractivity contribution is -0.385. The number of carbonyl (C=O) groups excluding carboxylic acids is 1. The van der Waals surface area contributed by atoms with Crippen molar-refractivity contribution in [3.05, 3.63) is 48.3 Å². The van der Waals surface area contributed by atoms with Crippen LogP contribution < -0.4 is 4.74 Å².